The highest BCUT2D eigenvalue weighted by molar-refractivity contribution is 6.15. The van der Waals surface area contributed by atoms with Crippen LogP contribution in [-0.2, 0) is 11.3 Å². The molecule has 0 bridgehead atoms. The number of oxazole rings is 1. The summed E-state index contributed by atoms with van der Waals surface area (Å²) in [6, 6.07) is 10.0. The van der Waals surface area contributed by atoms with E-state index in [0.29, 0.717) is 44.2 Å². The minimum Gasteiger partial charge on any atom is -0.497 e. The molecule has 0 amide bonds. The van der Waals surface area contributed by atoms with Crippen LogP contribution >= 0.6 is 0 Å². The number of aromatic nitrogens is 2. The minimum atomic E-state index is -0.913. The fourth-order valence-corrected chi connectivity index (χ4v) is 4.09. The largest absolute Gasteiger partial charge is 0.497 e. The van der Waals surface area contributed by atoms with Crippen LogP contribution in [0.4, 0.5) is 5.88 Å². The number of carbonyl (C=O) groups excluding carboxylic acids is 2. The summed E-state index contributed by atoms with van der Waals surface area (Å²) in [4.78, 5) is 37.4. The Hall–Kier alpha value is -3.76. The molecule has 1 aliphatic rings. The Kier molecular flexibility index (Phi) is 8.29. The van der Waals surface area contributed by atoms with E-state index in [-0.39, 0.29) is 35.5 Å². The molecule has 1 saturated heterocycles. The zero-order valence-electron chi connectivity index (χ0n) is 20.7. The first kappa shape index (κ1) is 25.3. The maximum atomic E-state index is 13.8. The second-order valence-electron chi connectivity index (χ2n) is 8.36. The number of hydrogen-bond acceptors (Lipinski definition) is 10. The third-order valence-corrected chi connectivity index (χ3v) is 6.08. The molecule has 3 heterocycles. The van der Waals surface area contributed by atoms with E-state index in [1.54, 1.807) is 32.4 Å². The molecule has 0 spiro atoms. The number of nitrogens with zero attached hydrogens (tertiary/aromatic N) is 3. The first-order chi connectivity index (χ1) is 17.5. The molecule has 190 valence electrons. The summed E-state index contributed by atoms with van der Waals surface area (Å²) in [7, 11) is 3.13. The number of rotatable bonds is 11. The van der Waals surface area contributed by atoms with Crippen LogP contribution in [-0.4, -0.2) is 72.9 Å². The van der Waals surface area contributed by atoms with Crippen molar-refractivity contribution < 1.29 is 23.5 Å². The van der Waals surface area contributed by atoms with Gasteiger partial charge in [-0.05, 0) is 23.8 Å². The van der Waals surface area contributed by atoms with Gasteiger partial charge in [-0.1, -0.05) is 19.1 Å². The van der Waals surface area contributed by atoms with Crippen LogP contribution < -0.4 is 20.1 Å². The number of pyridine rings is 1. The lowest BCUT2D eigenvalue weighted by Crippen LogP contribution is -2.54. The molecular formula is C26H31N5O5. The van der Waals surface area contributed by atoms with Gasteiger partial charge in [0.25, 0.3) is 0 Å². The van der Waals surface area contributed by atoms with E-state index >= 15 is 0 Å². The van der Waals surface area contributed by atoms with E-state index in [9.17, 15) is 9.59 Å². The number of anilines is 1. The number of Topliss-reactive ketones (excluding diaryl/α,β-unsaturated/α-hetero) is 2. The van der Waals surface area contributed by atoms with Crippen LogP contribution in [0.3, 0.4) is 0 Å². The van der Waals surface area contributed by atoms with Crippen molar-refractivity contribution in [2.45, 2.75) is 25.9 Å². The number of methoxy groups -OCH3 is 2. The van der Waals surface area contributed by atoms with E-state index in [4.69, 9.17) is 13.9 Å². The first-order valence-electron chi connectivity index (χ1n) is 11.9. The van der Waals surface area contributed by atoms with E-state index in [0.717, 1.165) is 11.3 Å². The standard InChI is InChI=1S/C26H31N5O5/c1-4-20(32)23(31-13-11-27-12-14-31)24(33)22-26(29-16-17-5-7-19(34-2)8-6-17)36-25(30-22)18-9-10-28-21(15-18)35-3/h5-10,15,23,27,29H,4,11-14,16H2,1-3H3. The Morgan fingerprint density at radius 2 is 1.89 bits per heavy atom. The van der Waals surface area contributed by atoms with Crippen LogP contribution in [0.2, 0.25) is 0 Å². The molecule has 1 aliphatic heterocycles. The molecule has 4 rings (SSSR count). The van der Waals surface area contributed by atoms with E-state index < -0.39 is 6.04 Å². The van der Waals surface area contributed by atoms with Crippen molar-refractivity contribution in [1.82, 2.24) is 20.2 Å². The van der Waals surface area contributed by atoms with Crippen molar-refractivity contribution >= 4 is 17.5 Å². The van der Waals surface area contributed by atoms with E-state index in [2.05, 4.69) is 20.6 Å². The summed E-state index contributed by atoms with van der Waals surface area (Å²) < 4.78 is 16.5. The highest BCUT2D eigenvalue weighted by atomic mass is 16.5. The highest BCUT2D eigenvalue weighted by Crippen LogP contribution is 2.29. The Morgan fingerprint density at radius 3 is 2.56 bits per heavy atom. The molecule has 3 aromatic rings. The van der Waals surface area contributed by atoms with Crippen molar-refractivity contribution in [3.8, 4) is 23.1 Å². The number of nitrogens with one attached hydrogen (secondary N) is 2. The van der Waals surface area contributed by atoms with Crippen molar-refractivity contribution in [2.24, 2.45) is 0 Å². The van der Waals surface area contributed by atoms with Gasteiger partial charge in [-0.3, -0.25) is 14.5 Å². The predicted molar refractivity (Wildman–Crippen MR) is 134 cm³/mol. The van der Waals surface area contributed by atoms with Crippen molar-refractivity contribution in [3.63, 3.8) is 0 Å². The molecule has 0 aliphatic carbocycles. The van der Waals surface area contributed by atoms with Crippen LogP contribution in [0.15, 0.2) is 47.0 Å². The first-order valence-corrected chi connectivity index (χ1v) is 11.9. The van der Waals surface area contributed by atoms with Crippen molar-refractivity contribution in [3.05, 3.63) is 53.9 Å². The Labute approximate surface area is 210 Å². The molecule has 2 N–H and O–H groups in total. The summed E-state index contributed by atoms with van der Waals surface area (Å²) in [6.07, 6.45) is 1.83. The van der Waals surface area contributed by atoms with Crippen molar-refractivity contribution in [1.29, 1.82) is 0 Å². The third-order valence-electron chi connectivity index (χ3n) is 6.08. The van der Waals surface area contributed by atoms with Gasteiger partial charge in [0.1, 0.15) is 11.8 Å². The van der Waals surface area contributed by atoms with Gasteiger partial charge in [-0.25, -0.2) is 9.97 Å². The summed E-state index contributed by atoms with van der Waals surface area (Å²) in [6.45, 7) is 4.78. The van der Waals surface area contributed by atoms with Gasteiger partial charge in [-0.15, -0.1) is 0 Å². The lowest BCUT2D eigenvalue weighted by molar-refractivity contribution is -0.122. The quantitative estimate of drug-likeness (QED) is 0.305. The number of piperazine rings is 1. The molecule has 10 nitrogen and oxygen atoms in total. The molecule has 1 atom stereocenters. The third kappa shape index (κ3) is 5.72. The molecule has 2 aromatic heterocycles. The number of ketones is 2. The number of carbonyl (C=O) groups is 2. The predicted octanol–water partition coefficient (Wildman–Crippen LogP) is 2.80. The van der Waals surface area contributed by atoms with Crippen LogP contribution in [0, 0.1) is 0 Å². The summed E-state index contributed by atoms with van der Waals surface area (Å²) in [5.74, 6) is 1.08. The van der Waals surface area contributed by atoms with Gasteiger partial charge in [0.2, 0.25) is 23.4 Å². The monoisotopic (exact) mass is 493 g/mol. The van der Waals surface area contributed by atoms with E-state index in [1.807, 2.05) is 29.2 Å². The fourth-order valence-electron chi connectivity index (χ4n) is 4.09. The summed E-state index contributed by atoms with van der Waals surface area (Å²) >= 11 is 0. The fraction of sp³-hybridized carbons (Fsp3) is 0.385. The van der Waals surface area contributed by atoms with Gasteiger partial charge in [0.15, 0.2) is 11.5 Å². The Morgan fingerprint density at radius 1 is 1.14 bits per heavy atom. The van der Waals surface area contributed by atoms with Gasteiger partial charge in [-0.2, -0.15) is 0 Å². The van der Waals surface area contributed by atoms with Gasteiger partial charge in [0, 0.05) is 57.0 Å². The SMILES string of the molecule is CCC(=O)C(C(=O)c1nc(-c2ccnc(OC)c2)oc1NCc1ccc(OC)cc1)N1CCNCC1. The molecule has 0 radical (unpaired) electrons. The molecule has 10 heteroatoms. The normalized spacial score (nSPS) is 14.8. The maximum absolute atomic E-state index is 13.8. The molecular weight excluding hydrogens is 462 g/mol. The average molecular weight is 494 g/mol. The topological polar surface area (TPSA) is 119 Å². The smallest absolute Gasteiger partial charge is 0.229 e. The summed E-state index contributed by atoms with van der Waals surface area (Å²) in [5, 5.41) is 6.46. The van der Waals surface area contributed by atoms with Crippen LogP contribution in [0.25, 0.3) is 11.5 Å². The lowest BCUT2D eigenvalue weighted by Gasteiger charge is -2.32. The zero-order valence-corrected chi connectivity index (χ0v) is 20.7. The minimum absolute atomic E-state index is 0.0969. The molecule has 1 fully saturated rings. The number of hydrogen-bond donors (Lipinski definition) is 2. The number of benzene rings is 1. The highest BCUT2D eigenvalue weighted by Gasteiger charge is 2.36. The molecule has 1 aromatic carbocycles. The second kappa shape index (κ2) is 11.8. The van der Waals surface area contributed by atoms with Crippen molar-refractivity contribution in [2.75, 3.05) is 45.7 Å². The Balaban J connectivity index is 1.68. The van der Waals surface area contributed by atoms with Crippen LogP contribution in [0.5, 0.6) is 11.6 Å². The molecule has 1 unspecified atom stereocenters. The van der Waals surface area contributed by atoms with Gasteiger partial charge in [0.05, 0.1) is 14.2 Å². The van der Waals surface area contributed by atoms with E-state index in [1.165, 1.54) is 7.11 Å². The molecule has 36 heavy (non-hydrogen) atoms. The van der Waals surface area contributed by atoms with Crippen LogP contribution in [0.1, 0.15) is 29.4 Å². The number of ether oxygens (including phenoxy) is 2. The maximum Gasteiger partial charge on any atom is 0.229 e. The molecule has 0 saturated carbocycles. The summed E-state index contributed by atoms with van der Waals surface area (Å²) in [5.41, 5.74) is 1.66. The second-order valence-corrected chi connectivity index (χ2v) is 8.36. The lowest BCUT2D eigenvalue weighted by atomic mass is 10.0. The van der Waals surface area contributed by atoms with Gasteiger partial charge < -0.3 is 24.5 Å². The van der Waals surface area contributed by atoms with Gasteiger partial charge >= 0.3 is 0 Å². The Bertz CT molecular complexity index is 1190. The average Bonchev–Trinajstić information content (AvgIpc) is 3.37. The zero-order chi connectivity index (χ0) is 25.5.